The SMILES string of the molecule is CCC(C)N/C(=N/C(=O)c1ccc(F)c(F)c1)Nc1cc(-c2ccc(C)c(F)c2)[nH]n1. The van der Waals surface area contributed by atoms with Crippen LogP contribution < -0.4 is 10.6 Å². The van der Waals surface area contributed by atoms with Crippen molar-refractivity contribution in [1.82, 2.24) is 15.5 Å². The summed E-state index contributed by atoms with van der Waals surface area (Å²) in [5, 5.41) is 12.9. The summed E-state index contributed by atoms with van der Waals surface area (Å²) < 4.78 is 40.5. The number of guanidine groups is 1. The number of hydrogen-bond donors (Lipinski definition) is 3. The van der Waals surface area contributed by atoms with Crippen molar-refractivity contribution in [2.24, 2.45) is 4.99 Å². The van der Waals surface area contributed by atoms with Crippen LogP contribution in [-0.4, -0.2) is 28.1 Å². The molecule has 0 spiro atoms. The highest BCUT2D eigenvalue weighted by Crippen LogP contribution is 2.22. The van der Waals surface area contributed by atoms with Crippen molar-refractivity contribution in [3.8, 4) is 11.3 Å². The third-order valence-electron chi connectivity index (χ3n) is 4.68. The van der Waals surface area contributed by atoms with Crippen LogP contribution in [0, 0.1) is 24.4 Å². The molecule has 0 aliphatic rings. The molecule has 1 unspecified atom stereocenters. The smallest absolute Gasteiger partial charge is 0.280 e. The number of aryl methyl sites for hydroxylation is 1. The number of amides is 1. The highest BCUT2D eigenvalue weighted by Gasteiger charge is 2.14. The molecular weight excluding hydrogens is 407 g/mol. The fourth-order valence-corrected chi connectivity index (χ4v) is 2.64. The number of halogens is 3. The predicted octanol–water partition coefficient (Wildman–Crippen LogP) is 4.80. The molecule has 3 rings (SSSR count). The number of H-pyrrole nitrogens is 1. The maximum atomic E-state index is 13.9. The highest BCUT2D eigenvalue weighted by molar-refractivity contribution is 6.06. The first-order valence-corrected chi connectivity index (χ1v) is 9.70. The Labute approximate surface area is 177 Å². The van der Waals surface area contributed by atoms with Gasteiger partial charge in [-0.1, -0.05) is 19.1 Å². The summed E-state index contributed by atoms with van der Waals surface area (Å²) in [5.74, 6) is -2.84. The number of nitrogens with zero attached hydrogens (tertiary/aromatic N) is 2. The van der Waals surface area contributed by atoms with Crippen LogP contribution in [0.15, 0.2) is 47.5 Å². The lowest BCUT2D eigenvalue weighted by molar-refractivity contribution is 0.100. The van der Waals surface area contributed by atoms with Crippen molar-refractivity contribution < 1.29 is 18.0 Å². The summed E-state index contributed by atoms with van der Waals surface area (Å²) in [7, 11) is 0. The van der Waals surface area contributed by atoms with Crippen LogP contribution in [0.5, 0.6) is 0 Å². The molecule has 9 heteroatoms. The lowest BCUT2D eigenvalue weighted by Gasteiger charge is -2.15. The van der Waals surface area contributed by atoms with Crippen LogP contribution in [-0.2, 0) is 0 Å². The number of carbonyl (C=O) groups excluding carboxylic acids is 1. The third-order valence-corrected chi connectivity index (χ3v) is 4.68. The number of hydrogen-bond acceptors (Lipinski definition) is 2. The number of anilines is 1. The largest absolute Gasteiger partial charge is 0.353 e. The van der Waals surface area contributed by atoms with Crippen LogP contribution in [0.25, 0.3) is 11.3 Å². The van der Waals surface area contributed by atoms with Crippen molar-refractivity contribution in [1.29, 1.82) is 0 Å². The lowest BCUT2D eigenvalue weighted by atomic mass is 10.1. The third kappa shape index (κ3) is 5.50. The van der Waals surface area contributed by atoms with E-state index in [1.54, 1.807) is 25.1 Å². The number of benzene rings is 2. The fourth-order valence-electron chi connectivity index (χ4n) is 2.64. The molecule has 1 amide bonds. The minimum absolute atomic E-state index is 0.0337. The van der Waals surface area contributed by atoms with E-state index in [9.17, 15) is 18.0 Å². The molecule has 0 fully saturated rings. The van der Waals surface area contributed by atoms with Gasteiger partial charge in [0, 0.05) is 23.2 Å². The first-order chi connectivity index (χ1) is 14.8. The Morgan fingerprint density at radius 3 is 2.55 bits per heavy atom. The Morgan fingerprint density at radius 1 is 1.10 bits per heavy atom. The molecule has 0 aliphatic heterocycles. The van der Waals surface area contributed by atoms with Crippen LogP contribution >= 0.6 is 0 Å². The van der Waals surface area contributed by atoms with Crippen LogP contribution in [0.1, 0.15) is 36.2 Å². The van der Waals surface area contributed by atoms with Gasteiger partial charge in [0.1, 0.15) is 5.82 Å². The van der Waals surface area contributed by atoms with Gasteiger partial charge in [0.05, 0.1) is 5.69 Å². The predicted molar refractivity (Wildman–Crippen MR) is 113 cm³/mol. The average Bonchev–Trinajstić information content (AvgIpc) is 3.20. The molecule has 3 N–H and O–H groups in total. The molecule has 162 valence electrons. The summed E-state index contributed by atoms with van der Waals surface area (Å²) in [6.45, 7) is 5.52. The van der Waals surface area contributed by atoms with Crippen molar-refractivity contribution in [2.75, 3.05) is 5.32 Å². The number of aromatic amines is 1. The monoisotopic (exact) mass is 429 g/mol. The molecule has 0 radical (unpaired) electrons. The molecule has 0 aliphatic carbocycles. The van der Waals surface area contributed by atoms with Gasteiger partial charge in [-0.2, -0.15) is 10.1 Å². The quantitative estimate of drug-likeness (QED) is 0.402. The zero-order chi connectivity index (χ0) is 22.5. The molecule has 1 aromatic heterocycles. The molecule has 0 saturated carbocycles. The Morgan fingerprint density at radius 2 is 1.87 bits per heavy atom. The average molecular weight is 429 g/mol. The summed E-state index contributed by atoms with van der Waals surface area (Å²) in [4.78, 5) is 16.4. The maximum absolute atomic E-state index is 13.9. The van der Waals surface area contributed by atoms with Gasteiger partial charge in [0.25, 0.3) is 5.91 Å². The Hall–Kier alpha value is -3.62. The zero-order valence-corrected chi connectivity index (χ0v) is 17.3. The van der Waals surface area contributed by atoms with E-state index in [1.165, 1.54) is 6.07 Å². The Balaban J connectivity index is 1.85. The molecule has 3 aromatic rings. The summed E-state index contributed by atoms with van der Waals surface area (Å²) in [6.07, 6.45) is 0.745. The van der Waals surface area contributed by atoms with Crippen molar-refractivity contribution in [2.45, 2.75) is 33.2 Å². The van der Waals surface area contributed by atoms with E-state index < -0.39 is 17.5 Å². The van der Waals surface area contributed by atoms with Crippen molar-refractivity contribution in [3.63, 3.8) is 0 Å². The van der Waals surface area contributed by atoms with E-state index in [4.69, 9.17) is 0 Å². The van der Waals surface area contributed by atoms with Crippen LogP contribution in [0.3, 0.4) is 0 Å². The van der Waals surface area contributed by atoms with Crippen molar-refractivity contribution in [3.05, 3.63) is 71.0 Å². The van der Waals surface area contributed by atoms with E-state index in [1.807, 2.05) is 13.8 Å². The molecule has 2 aromatic carbocycles. The van der Waals surface area contributed by atoms with E-state index in [0.717, 1.165) is 24.6 Å². The lowest BCUT2D eigenvalue weighted by Crippen LogP contribution is -2.38. The van der Waals surface area contributed by atoms with Gasteiger partial charge in [-0.25, -0.2) is 13.2 Å². The van der Waals surface area contributed by atoms with Gasteiger partial charge >= 0.3 is 0 Å². The van der Waals surface area contributed by atoms with Crippen molar-refractivity contribution >= 4 is 17.7 Å². The Bertz CT molecular complexity index is 1130. The number of aliphatic imine (C=N–C) groups is 1. The first kappa shape index (κ1) is 22.1. The van der Waals surface area contributed by atoms with Gasteiger partial charge in [-0.15, -0.1) is 0 Å². The normalized spacial score (nSPS) is 12.5. The minimum Gasteiger partial charge on any atom is -0.353 e. The van der Waals surface area contributed by atoms with Gasteiger partial charge < -0.3 is 10.6 Å². The van der Waals surface area contributed by atoms with Crippen LogP contribution in [0.2, 0.25) is 0 Å². The second-order valence-corrected chi connectivity index (χ2v) is 7.10. The molecule has 0 bridgehead atoms. The molecule has 1 atom stereocenters. The Kier molecular flexibility index (Phi) is 6.74. The topological polar surface area (TPSA) is 82.2 Å². The molecule has 1 heterocycles. The molecular formula is C22H22F3N5O. The number of aromatic nitrogens is 2. The van der Waals surface area contributed by atoms with E-state index in [-0.39, 0.29) is 23.4 Å². The van der Waals surface area contributed by atoms with E-state index in [0.29, 0.717) is 22.6 Å². The maximum Gasteiger partial charge on any atom is 0.280 e. The highest BCUT2D eigenvalue weighted by atomic mass is 19.2. The summed E-state index contributed by atoms with van der Waals surface area (Å²) >= 11 is 0. The van der Waals surface area contributed by atoms with Crippen LogP contribution in [0.4, 0.5) is 19.0 Å². The number of rotatable bonds is 5. The zero-order valence-electron chi connectivity index (χ0n) is 17.3. The number of carbonyl (C=O) groups is 1. The molecule has 0 saturated heterocycles. The fraction of sp³-hybridized carbons (Fsp3) is 0.227. The summed E-state index contributed by atoms with van der Waals surface area (Å²) in [6, 6.07) is 9.24. The van der Waals surface area contributed by atoms with Gasteiger partial charge in [0.2, 0.25) is 5.96 Å². The summed E-state index contributed by atoms with van der Waals surface area (Å²) in [5.41, 5.74) is 1.61. The minimum atomic E-state index is -1.13. The molecule has 6 nitrogen and oxygen atoms in total. The second kappa shape index (κ2) is 9.46. The first-order valence-electron chi connectivity index (χ1n) is 9.70. The number of nitrogens with one attached hydrogen (secondary N) is 3. The second-order valence-electron chi connectivity index (χ2n) is 7.10. The van der Waals surface area contributed by atoms with Gasteiger partial charge in [0.15, 0.2) is 17.5 Å². The van der Waals surface area contributed by atoms with E-state index >= 15 is 0 Å². The van der Waals surface area contributed by atoms with Gasteiger partial charge in [-0.3, -0.25) is 9.89 Å². The standard InChI is InChI=1S/C22H22F3N5O/c1-4-13(3)26-22(28-21(31)15-7-8-16(23)18(25)10-15)27-20-11-19(29-30-20)14-6-5-12(2)17(24)9-14/h5-11,13H,4H2,1-3H3,(H3,26,27,28,29,30,31). The molecule has 31 heavy (non-hydrogen) atoms. The van der Waals surface area contributed by atoms with E-state index in [2.05, 4.69) is 25.8 Å². The van der Waals surface area contributed by atoms with Gasteiger partial charge in [-0.05, 0) is 50.1 Å².